The van der Waals surface area contributed by atoms with Crippen molar-refractivity contribution < 1.29 is 27.2 Å². The Kier molecular flexibility index (Phi) is 5.74. The number of alkyl halides is 3. The van der Waals surface area contributed by atoms with Crippen LogP contribution in [0.15, 0.2) is 48.5 Å². The van der Waals surface area contributed by atoms with Crippen molar-refractivity contribution in [1.82, 2.24) is 5.32 Å². The first-order valence-corrected chi connectivity index (χ1v) is 7.22. The predicted molar refractivity (Wildman–Crippen MR) is 83.1 cm³/mol. The summed E-state index contributed by atoms with van der Waals surface area (Å²) in [5.74, 6) is -2.89. The number of carbonyl (C=O) groups is 2. The summed E-state index contributed by atoms with van der Waals surface area (Å²) in [5.41, 5.74) is 1.24. The van der Waals surface area contributed by atoms with Crippen molar-refractivity contribution >= 4 is 17.5 Å². The number of carbonyl (C=O) groups excluding carboxylic acids is 2. The van der Waals surface area contributed by atoms with Crippen LogP contribution in [0.25, 0.3) is 0 Å². The van der Waals surface area contributed by atoms with Crippen LogP contribution < -0.4 is 10.6 Å². The fourth-order valence-electron chi connectivity index (χ4n) is 2.08. The summed E-state index contributed by atoms with van der Waals surface area (Å²) >= 11 is 0. The van der Waals surface area contributed by atoms with Crippen LogP contribution in [0, 0.1) is 5.82 Å². The molecule has 2 rings (SSSR count). The van der Waals surface area contributed by atoms with Crippen molar-refractivity contribution in [2.24, 2.45) is 0 Å². The van der Waals surface area contributed by atoms with E-state index in [4.69, 9.17) is 0 Å². The van der Waals surface area contributed by atoms with E-state index < -0.39 is 23.8 Å². The summed E-state index contributed by atoms with van der Waals surface area (Å²) in [5, 5.41) is 4.32. The summed E-state index contributed by atoms with van der Waals surface area (Å²) < 4.78 is 49.5. The van der Waals surface area contributed by atoms with Gasteiger partial charge >= 0.3 is 12.1 Å². The lowest BCUT2D eigenvalue weighted by molar-refractivity contribution is -0.173. The predicted octanol–water partition coefficient (Wildman–Crippen LogP) is 3.19. The van der Waals surface area contributed by atoms with E-state index in [9.17, 15) is 27.2 Å². The molecule has 2 aromatic carbocycles. The van der Waals surface area contributed by atoms with Crippen LogP contribution in [0.3, 0.4) is 0 Å². The number of rotatable bonds is 5. The topological polar surface area (TPSA) is 58.2 Å². The molecule has 0 radical (unpaired) electrons. The second-order valence-corrected chi connectivity index (χ2v) is 5.24. The molecule has 0 aromatic heterocycles. The van der Waals surface area contributed by atoms with E-state index in [0.717, 1.165) is 0 Å². The summed E-state index contributed by atoms with van der Waals surface area (Å²) in [6.07, 6.45) is -5.00. The molecule has 0 bridgehead atoms. The van der Waals surface area contributed by atoms with Crippen LogP contribution in [-0.4, -0.2) is 18.0 Å². The Morgan fingerprint density at radius 3 is 2.32 bits per heavy atom. The van der Waals surface area contributed by atoms with Crippen molar-refractivity contribution in [3.8, 4) is 0 Å². The lowest BCUT2D eigenvalue weighted by Gasteiger charge is -2.10. The normalized spacial score (nSPS) is 11.0. The van der Waals surface area contributed by atoms with Crippen molar-refractivity contribution in [1.29, 1.82) is 0 Å². The third-order valence-corrected chi connectivity index (χ3v) is 3.17. The smallest absolute Gasteiger partial charge is 0.344 e. The summed E-state index contributed by atoms with van der Waals surface area (Å²) in [4.78, 5) is 22.7. The molecule has 0 atom stereocenters. The maximum atomic E-state index is 13.1. The molecule has 2 aromatic rings. The highest BCUT2D eigenvalue weighted by Crippen LogP contribution is 2.16. The van der Waals surface area contributed by atoms with Crippen molar-refractivity contribution in [3.05, 3.63) is 65.5 Å². The zero-order chi connectivity index (χ0) is 18.4. The quantitative estimate of drug-likeness (QED) is 0.811. The molecule has 0 spiro atoms. The Labute approximate surface area is 140 Å². The van der Waals surface area contributed by atoms with E-state index in [-0.39, 0.29) is 13.0 Å². The standard InChI is InChI=1S/C17H14F4N2O2/c18-13-5-1-3-11(7-13)9-15(24)23-14-6-2-4-12(8-14)10-22-16(25)17(19,20)21/h1-8H,9-10H2,(H,22,25)(H,23,24). The van der Waals surface area contributed by atoms with Crippen LogP contribution in [0.5, 0.6) is 0 Å². The van der Waals surface area contributed by atoms with E-state index in [1.165, 1.54) is 36.4 Å². The molecule has 8 heteroatoms. The minimum Gasteiger partial charge on any atom is -0.344 e. The molecule has 0 heterocycles. The van der Waals surface area contributed by atoms with Gasteiger partial charge in [0.25, 0.3) is 0 Å². The SMILES string of the molecule is O=C(Cc1cccc(F)c1)Nc1cccc(CNC(=O)C(F)(F)F)c1. The zero-order valence-electron chi connectivity index (χ0n) is 12.9. The van der Waals surface area contributed by atoms with Gasteiger partial charge in [-0.05, 0) is 35.4 Å². The van der Waals surface area contributed by atoms with Gasteiger partial charge in [-0.2, -0.15) is 13.2 Å². The van der Waals surface area contributed by atoms with Crippen molar-refractivity contribution in [3.63, 3.8) is 0 Å². The first-order valence-electron chi connectivity index (χ1n) is 7.22. The third-order valence-electron chi connectivity index (χ3n) is 3.17. The number of hydrogen-bond acceptors (Lipinski definition) is 2. The maximum Gasteiger partial charge on any atom is 0.471 e. The van der Waals surface area contributed by atoms with E-state index >= 15 is 0 Å². The van der Waals surface area contributed by atoms with Gasteiger partial charge in [0.2, 0.25) is 5.91 Å². The van der Waals surface area contributed by atoms with Crippen LogP contribution in [-0.2, 0) is 22.6 Å². The first kappa shape index (κ1) is 18.4. The average Bonchev–Trinajstić information content (AvgIpc) is 2.52. The Morgan fingerprint density at radius 1 is 0.960 bits per heavy atom. The van der Waals surface area contributed by atoms with Gasteiger partial charge in [0.1, 0.15) is 5.82 Å². The Balaban J connectivity index is 1.94. The molecule has 0 saturated carbocycles. The van der Waals surface area contributed by atoms with Crippen LogP contribution in [0.4, 0.5) is 23.2 Å². The zero-order valence-corrected chi connectivity index (χ0v) is 12.9. The minimum absolute atomic E-state index is 0.0488. The van der Waals surface area contributed by atoms with E-state index in [2.05, 4.69) is 5.32 Å². The fraction of sp³-hybridized carbons (Fsp3) is 0.176. The number of anilines is 1. The van der Waals surface area contributed by atoms with Gasteiger partial charge in [0.15, 0.2) is 0 Å². The molecule has 0 fully saturated rings. The van der Waals surface area contributed by atoms with Gasteiger partial charge in [-0.3, -0.25) is 9.59 Å². The second-order valence-electron chi connectivity index (χ2n) is 5.24. The molecule has 2 N–H and O–H groups in total. The largest absolute Gasteiger partial charge is 0.471 e. The van der Waals surface area contributed by atoms with Crippen LogP contribution in [0.2, 0.25) is 0 Å². The van der Waals surface area contributed by atoms with Gasteiger partial charge in [-0.15, -0.1) is 0 Å². The lowest BCUT2D eigenvalue weighted by atomic mass is 10.1. The van der Waals surface area contributed by atoms with Gasteiger partial charge in [-0.1, -0.05) is 24.3 Å². The monoisotopic (exact) mass is 354 g/mol. The van der Waals surface area contributed by atoms with E-state index in [0.29, 0.717) is 16.8 Å². The molecular weight excluding hydrogens is 340 g/mol. The Hall–Kier alpha value is -2.90. The summed E-state index contributed by atoms with van der Waals surface area (Å²) in [6, 6.07) is 11.6. The number of benzene rings is 2. The maximum absolute atomic E-state index is 13.1. The minimum atomic E-state index is -4.95. The first-order chi connectivity index (χ1) is 11.7. The molecule has 2 amide bonds. The molecule has 132 valence electrons. The lowest BCUT2D eigenvalue weighted by Crippen LogP contribution is -2.36. The van der Waals surface area contributed by atoms with E-state index in [1.807, 2.05) is 0 Å². The molecule has 0 aliphatic rings. The Bertz CT molecular complexity index is 775. The fourth-order valence-corrected chi connectivity index (χ4v) is 2.08. The number of halogens is 4. The molecule has 0 saturated heterocycles. The highest BCUT2D eigenvalue weighted by atomic mass is 19.4. The van der Waals surface area contributed by atoms with Crippen LogP contribution in [0.1, 0.15) is 11.1 Å². The van der Waals surface area contributed by atoms with Gasteiger partial charge in [-0.25, -0.2) is 4.39 Å². The number of hydrogen-bond donors (Lipinski definition) is 2. The van der Waals surface area contributed by atoms with Crippen molar-refractivity contribution in [2.75, 3.05) is 5.32 Å². The Morgan fingerprint density at radius 2 is 1.64 bits per heavy atom. The highest BCUT2D eigenvalue weighted by molar-refractivity contribution is 5.92. The molecule has 0 aliphatic heterocycles. The molecule has 25 heavy (non-hydrogen) atoms. The van der Waals surface area contributed by atoms with Gasteiger partial charge < -0.3 is 10.6 Å². The second kappa shape index (κ2) is 7.78. The number of nitrogens with one attached hydrogen (secondary N) is 2. The van der Waals surface area contributed by atoms with Gasteiger partial charge in [0, 0.05) is 12.2 Å². The molecule has 4 nitrogen and oxygen atoms in total. The highest BCUT2D eigenvalue weighted by Gasteiger charge is 2.38. The van der Waals surface area contributed by atoms with E-state index in [1.54, 1.807) is 17.4 Å². The van der Waals surface area contributed by atoms with Crippen LogP contribution >= 0.6 is 0 Å². The molecular formula is C17H14F4N2O2. The summed E-state index contributed by atoms with van der Waals surface area (Å²) in [6.45, 7) is -0.327. The summed E-state index contributed by atoms with van der Waals surface area (Å²) in [7, 11) is 0. The molecule has 0 aliphatic carbocycles. The van der Waals surface area contributed by atoms with Crippen molar-refractivity contribution in [2.45, 2.75) is 19.1 Å². The van der Waals surface area contributed by atoms with Gasteiger partial charge in [0.05, 0.1) is 6.42 Å². The number of amides is 2. The third kappa shape index (κ3) is 5.91. The average molecular weight is 354 g/mol. The molecule has 0 unspecified atom stereocenters.